The largest absolute Gasteiger partial charge is 0.349 e. The lowest BCUT2D eigenvalue weighted by Crippen LogP contribution is -2.35. The topological polar surface area (TPSA) is 84.0 Å². The Morgan fingerprint density at radius 3 is 2.46 bits per heavy atom. The lowest BCUT2D eigenvalue weighted by atomic mass is 10.1. The lowest BCUT2D eigenvalue weighted by Gasteiger charge is -2.14. The highest BCUT2D eigenvalue weighted by Gasteiger charge is 2.13. The van der Waals surface area contributed by atoms with Gasteiger partial charge in [-0.3, -0.25) is 9.59 Å². The summed E-state index contributed by atoms with van der Waals surface area (Å²) in [7, 11) is 0. The van der Waals surface area contributed by atoms with Crippen LogP contribution in [0.15, 0.2) is 60.0 Å². The average molecular weight is 366 g/mol. The monoisotopic (exact) mass is 366 g/mol. The smallest absolute Gasteiger partial charge is 0.251 e. The molecule has 0 aliphatic rings. The summed E-state index contributed by atoms with van der Waals surface area (Å²) in [5.74, 6) is -0.346. The van der Waals surface area contributed by atoms with Crippen molar-refractivity contribution in [3.8, 4) is 11.3 Å². The third-order valence-electron chi connectivity index (χ3n) is 3.73. The number of rotatable bonds is 6. The molecule has 0 fully saturated rings. The van der Waals surface area contributed by atoms with Crippen molar-refractivity contribution in [2.75, 3.05) is 5.32 Å². The zero-order valence-electron chi connectivity index (χ0n) is 14.2. The molecule has 7 heteroatoms. The molecule has 1 aromatic heterocycles. The average Bonchev–Trinajstić information content (AvgIpc) is 3.17. The van der Waals surface area contributed by atoms with Crippen molar-refractivity contribution < 1.29 is 9.59 Å². The van der Waals surface area contributed by atoms with Crippen molar-refractivity contribution >= 4 is 29.0 Å². The van der Waals surface area contributed by atoms with Gasteiger partial charge in [-0.05, 0) is 42.7 Å². The van der Waals surface area contributed by atoms with Crippen molar-refractivity contribution in [1.29, 1.82) is 0 Å². The van der Waals surface area contributed by atoms with Gasteiger partial charge in [0.15, 0.2) is 0 Å². The molecule has 3 rings (SSSR count). The maximum absolute atomic E-state index is 12.2. The zero-order valence-corrected chi connectivity index (χ0v) is 15.0. The van der Waals surface area contributed by atoms with Crippen LogP contribution in [0.1, 0.15) is 23.7 Å². The highest BCUT2D eigenvalue weighted by atomic mass is 32.1. The van der Waals surface area contributed by atoms with Crippen molar-refractivity contribution in [3.63, 3.8) is 0 Å². The molecule has 6 nitrogen and oxygen atoms in total. The molecule has 132 valence electrons. The van der Waals surface area contributed by atoms with Crippen LogP contribution in [0.2, 0.25) is 0 Å². The molecule has 0 saturated carbocycles. The Morgan fingerprint density at radius 2 is 1.81 bits per heavy atom. The molecular formula is C19H18N4O2S. The molecule has 1 atom stereocenters. The molecule has 1 unspecified atom stereocenters. The maximum Gasteiger partial charge on any atom is 0.251 e. The minimum Gasteiger partial charge on any atom is -0.349 e. The first-order chi connectivity index (χ1) is 12.6. The van der Waals surface area contributed by atoms with Crippen molar-refractivity contribution in [1.82, 2.24) is 14.9 Å². The number of hydrogen-bond acceptors (Lipinski definition) is 5. The van der Waals surface area contributed by atoms with E-state index in [0.29, 0.717) is 11.3 Å². The van der Waals surface area contributed by atoms with E-state index >= 15 is 0 Å². The van der Waals surface area contributed by atoms with Crippen LogP contribution in [0, 0.1) is 0 Å². The van der Waals surface area contributed by atoms with Gasteiger partial charge in [0.25, 0.3) is 5.91 Å². The van der Waals surface area contributed by atoms with E-state index in [2.05, 4.69) is 20.2 Å². The molecule has 2 N–H and O–H groups in total. The number of aromatic nitrogens is 2. The van der Waals surface area contributed by atoms with Gasteiger partial charge in [0.1, 0.15) is 5.69 Å². The number of hydrogen-bond donors (Lipinski definition) is 2. The Hall–Kier alpha value is -3.06. The van der Waals surface area contributed by atoms with Crippen LogP contribution in [0.3, 0.4) is 0 Å². The SMILES string of the molecule is CC(CC(=O)Nc1ccc(-c2csnn2)cc1)NC(=O)c1ccccc1. The van der Waals surface area contributed by atoms with Crippen LogP contribution in [-0.2, 0) is 4.79 Å². The summed E-state index contributed by atoms with van der Waals surface area (Å²) >= 11 is 1.29. The van der Waals surface area contributed by atoms with E-state index in [1.807, 2.05) is 35.7 Å². The van der Waals surface area contributed by atoms with Crippen molar-refractivity contribution in [3.05, 3.63) is 65.5 Å². The molecular weight excluding hydrogens is 348 g/mol. The molecule has 0 aliphatic carbocycles. The number of nitrogens with one attached hydrogen (secondary N) is 2. The van der Waals surface area contributed by atoms with E-state index < -0.39 is 0 Å². The van der Waals surface area contributed by atoms with Crippen LogP contribution in [0.5, 0.6) is 0 Å². The van der Waals surface area contributed by atoms with E-state index in [9.17, 15) is 9.59 Å². The van der Waals surface area contributed by atoms with Crippen LogP contribution in [0.4, 0.5) is 5.69 Å². The lowest BCUT2D eigenvalue weighted by molar-refractivity contribution is -0.116. The minimum atomic E-state index is -0.275. The second-order valence-corrected chi connectivity index (χ2v) is 6.47. The second-order valence-electron chi connectivity index (χ2n) is 5.86. The summed E-state index contributed by atoms with van der Waals surface area (Å²) in [6.45, 7) is 1.80. The van der Waals surface area contributed by atoms with E-state index in [0.717, 1.165) is 11.3 Å². The van der Waals surface area contributed by atoms with Crippen LogP contribution < -0.4 is 10.6 Å². The molecule has 0 saturated heterocycles. The molecule has 0 bridgehead atoms. The van der Waals surface area contributed by atoms with Gasteiger partial charge in [-0.1, -0.05) is 34.8 Å². The Balaban J connectivity index is 1.51. The summed E-state index contributed by atoms with van der Waals surface area (Å²) in [6.07, 6.45) is 0.191. The van der Waals surface area contributed by atoms with Gasteiger partial charge in [0.05, 0.1) is 0 Å². The molecule has 1 heterocycles. The Bertz CT molecular complexity index is 864. The van der Waals surface area contributed by atoms with Crippen molar-refractivity contribution in [2.24, 2.45) is 0 Å². The van der Waals surface area contributed by atoms with Gasteiger partial charge < -0.3 is 10.6 Å². The summed E-state index contributed by atoms with van der Waals surface area (Å²) in [5.41, 5.74) is 3.03. The van der Waals surface area contributed by atoms with Gasteiger partial charge in [0, 0.05) is 34.7 Å². The number of anilines is 1. The quantitative estimate of drug-likeness (QED) is 0.701. The first kappa shape index (κ1) is 17.8. The molecule has 2 aromatic carbocycles. The summed E-state index contributed by atoms with van der Waals surface area (Å²) < 4.78 is 3.83. The fourth-order valence-corrected chi connectivity index (χ4v) is 2.92. The summed E-state index contributed by atoms with van der Waals surface area (Å²) in [4.78, 5) is 24.3. The summed E-state index contributed by atoms with van der Waals surface area (Å²) in [5, 5.41) is 11.5. The highest BCUT2D eigenvalue weighted by Crippen LogP contribution is 2.20. The third-order valence-corrected chi connectivity index (χ3v) is 4.23. The molecule has 3 aromatic rings. The van der Waals surface area contributed by atoms with Crippen LogP contribution in [0.25, 0.3) is 11.3 Å². The predicted molar refractivity (Wildman–Crippen MR) is 102 cm³/mol. The third kappa shape index (κ3) is 4.73. The van der Waals surface area contributed by atoms with Gasteiger partial charge in [-0.15, -0.1) is 5.10 Å². The summed E-state index contributed by atoms with van der Waals surface area (Å²) in [6, 6.07) is 16.1. The van der Waals surface area contributed by atoms with Crippen LogP contribution in [-0.4, -0.2) is 27.4 Å². The molecule has 2 amide bonds. The minimum absolute atomic E-state index is 0.158. The zero-order chi connectivity index (χ0) is 18.4. The van der Waals surface area contributed by atoms with E-state index in [-0.39, 0.29) is 24.3 Å². The predicted octanol–water partition coefficient (Wildman–Crippen LogP) is 3.35. The van der Waals surface area contributed by atoms with E-state index in [1.54, 1.807) is 31.2 Å². The van der Waals surface area contributed by atoms with Gasteiger partial charge >= 0.3 is 0 Å². The first-order valence-electron chi connectivity index (χ1n) is 8.15. The second kappa shape index (κ2) is 8.35. The molecule has 0 radical (unpaired) electrons. The van der Waals surface area contributed by atoms with Gasteiger partial charge in [-0.25, -0.2) is 0 Å². The normalized spacial score (nSPS) is 11.6. The highest BCUT2D eigenvalue weighted by molar-refractivity contribution is 7.03. The standard InChI is InChI=1S/C19H18N4O2S/c1-13(20-19(25)15-5-3-2-4-6-15)11-18(24)21-16-9-7-14(8-10-16)17-12-26-23-22-17/h2-10,12-13H,11H2,1H3,(H,20,25)(H,21,24). The Morgan fingerprint density at radius 1 is 1.08 bits per heavy atom. The Labute approximate surface area is 155 Å². The number of benzene rings is 2. The number of nitrogens with zero attached hydrogens (tertiary/aromatic N) is 2. The van der Waals surface area contributed by atoms with E-state index in [4.69, 9.17) is 0 Å². The fraction of sp³-hybridized carbons (Fsp3) is 0.158. The fourth-order valence-electron chi connectivity index (χ4n) is 2.45. The number of carbonyl (C=O) groups excluding carboxylic acids is 2. The number of amides is 2. The van der Waals surface area contributed by atoms with E-state index in [1.165, 1.54) is 11.5 Å². The first-order valence-corrected chi connectivity index (χ1v) is 8.99. The van der Waals surface area contributed by atoms with Crippen molar-refractivity contribution in [2.45, 2.75) is 19.4 Å². The van der Waals surface area contributed by atoms with Crippen LogP contribution >= 0.6 is 11.5 Å². The molecule has 0 spiro atoms. The Kier molecular flexibility index (Phi) is 5.70. The van der Waals surface area contributed by atoms with Gasteiger partial charge in [-0.2, -0.15) is 0 Å². The maximum atomic E-state index is 12.2. The number of carbonyl (C=O) groups is 2. The molecule has 26 heavy (non-hydrogen) atoms. The molecule has 0 aliphatic heterocycles. The van der Waals surface area contributed by atoms with Gasteiger partial charge in [0.2, 0.25) is 5.91 Å².